The van der Waals surface area contributed by atoms with Gasteiger partial charge in [0.25, 0.3) is 0 Å². The number of ether oxygens (including phenoxy) is 2. The van der Waals surface area contributed by atoms with E-state index >= 15 is 0 Å². The van der Waals surface area contributed by atoms with Crippen molar-refractivity contribution in [1.29, 1.82) is 0 Å². The van der Waals surface area contributed by atoms with Crippen LogP contribution >= 0.6 is 0 Å². The molecule has 0 radical (unpaired) electrons. The van der Waals surface area contributed by atoms with Crippen molar-refractivity contribution in [3.63, 3.8) is 0 Å². The molecule has 0 aromatic heterocycles. The molecule has 10 heteroatoms. The number of nitrogens with one attached hydrogen (secondary N) is 1. The smallest absolute Gasteiger partial charge is 0.236 e. The van der Waals surface area contributed by atoms with E-state index in [4.69, 9.17) is 15.2 Å². The number of carbonyl (C=O) groups excluding carboxylic acids is 3. The van der Waals surface area contributed by atoms with Gasteiger partial charge in [-0.05, 0) is 31.2 Å². The molecule has 1 fully saturated rings. The number of hydrogen-bond donors (Lipinski definition) is 3. The molecule has 0 spiro atoms. The Morgan fingerprint density at radius 1 is 1.15 bits per heavy atom. The van der Waals surface area contributed by atoms with Crippen molar-refractivity contribution >= 4 is 17.7 Å². The number of nitrogens with two attached hydrogens (primary N) is 1. The molecular weight excluding hydrogens is 512 g/mol. The zero-order chi connectivity index (χ0) is 30.0. The third-order valence-corrected chi connectivity index (χ3v) is 8.46. The first-order valence-electron chi connectivity index (χ1n) is 14.4. The molecule has 40 heavy (non-hydrogen) atoms. The lowest BCUT2D eigenvalue weighted by Crippen LogP contribution is -2.54. The van der Waals surface area contributed by atoms with Crippen LogP contribution in [0.1, 0.15) is 65.0 Å². The molecule has 1 aliphatic rings. The first-order chi connectivity index (χ1) is 19.0. The van der Waals surface area contributed by atoms with Crippen molar-refractivity contribution in [1.82, 2.24) is 15.1 Å². The number of hydrogen-bond acceptors (Lipinski definition) is 7. The van der Waals surface area contributed by atoms with Gasteiger partial charge in [0.15, 0.2) is 0 Å². The highest BCUT2D eigenvalue weighted by atomic mass is 16.5. The van der Waals surface area contributed by atoms with Crippen LogP contribution in [0.15, 0.2) is 30.3 Å². The number of carbonyl (C=O) groups is 3. The summed E-state index contributed by atoms with van der Waals surface area (Å²) >= 11 is 0. The number of likely N-dealkylation sites (tertiary alicyclic amines) is 1. The summed E-state index contributed by atoms with van der Waals surface area (Å²) in [5, 5.41) is 13.6. The van der Waals surface area contributed by atoms with Crippen molar-refractivity contribution in [3.05, 3.63) is 35.9 Å². The Bertz CT molecular complexity index is 947. The third kappa shape index (κ3) is 8.25. The molecule has 1 heterocycles. The number of benzene rings is 1. The van der Waals surface area contributed by atoms with E-state index in [1.54, 1.807) is 44.9 Å². The summed E-state index contributed by atoms with van der Waals surface area (Å²) in [6.45, 7) is 8.08. The van der Waals surface area contributed by atoms with Gasteiger partial charge in [-0.15, -0.1) is 0 Å². The van der Waals surface area contributed by atoms with Crippen LogP contribution in [0, 0.1) is 11.8 Å². The monoisotopic (exact) mass is 562 g/mol. The van der Waals surface area contributed by atoms with E-state index < -0.39 is 30.3 Å². The Balaban J connectivity index is 2.14. The molecule has 1 aliphatic heterocycles. The van der Waals surface area contributed by atoms with Crippen molar-refractivity contribution < 1.29 is 29.0 Å². The molecule has 1 aromatic rings. The predicted octanol–water partition coefficient (Wildman–Crippen LogP) is 2.10. The van der Waals surface area contributed by atoms with Crippen LogP contribution in [0.3, 0.4) is 0 Å². The molecule has 0 unspecified atom stereocenters. The molecular formula is C30H50N4O6. The minimum absolute atomic E-state index is 0.0938. The van der Waals surface area contributed by atoms with Gasteiger partial charge in [0, 0.05) is 27.8 Å². The molecule has 0 bridgehead atoms. The summed E-state index contributed by atoms with van der Waals surface area (Å²) in [5.74, 6) is -1.02. The van der Waals surface area contributed by atoms with Gasteiger partial charge < -0.3 is 35.4 Å². The van der Waals surface area contributed by atoms with E-state index in [1.165, 1.54) is 0 Å². The minimum atomic E-state index is -0.850. The highest BCUT2D eigenvalue weighted by Gasteiger charge is 2.42. The largest absolute Gasteiger partial charge is 0.386 e. The quantitative estimate of drug-likeness (QED) is 0.298. The summed E-state index contributed by atoms with van der Waals surface area (Å²) in [6.07, 6.45) is 0.529. The van der Waals surface area contributed by atoms with Gasteiger partial charge in [-0.2, -0.15) is 0 Å². The summed E-state index contributed by atoms with van der Waals surface area (Å²) < 4.78 is 11.6. The summed E-state index contributed by atoms with van der Waals surface area (Å²) in [4.78, 5) is 42.7. The lowest BCUT2D eigenvalue weighted by atomic mass is 9.90. The number of likely N-dealkylation sites (N-methyl/N-ethyl adjacent to an activating group) is 1. The lowest BCUT2D eigenvalue weighted by molar-refractivity contribution is -0.145. The normalized spacial score (nSPS) is 20.6. The van der Waals surface area contributed by atoms with E-state index in [0.717, 1.165) is 18.4 Å². The Labute approximate surface area is 239 Å². The maximum Gasteiger partial charge on any atom is 0.236 e. The number of nitrogens with zero attached hydrogens (tertiary/aromatic N) is 2. The van der Waals surface area contributed by atoms with E-state index in [0.29, 0.717) is 13.0 Å². The van der Waals surface area contributed by atoms with Crippen molar-refractivity contribution in [3.8, 4) is 0 Å². The maximum absolute atomic E-state index is 13.7. The number of aliphatic hydroxyl groups excluding tert-OH is 1. The van der Waals surface area contributed by atoms with Crippen molar-refractivity contribution in [2.75, 3.05) is 34.4 Å². The van der Waals surface area contributed by atoms with Gasteiger partial charge in [0.1, 0.15) is 0 Å². The number of amides is 3. The van der Waals surface area contributed by atoms with Gasteiger partial charge in [-0.3, -0.25) is 14.4 Å². The van der Waals surface area contributed by atoms with E-state index in [2.05, 4.69) is 5.32 Å². The summed E-state index contributed by atoms with van der Waals surface area (Å²) in [6, 6.07) is 8.10. The standard InChI is InChI=1S/C30H50N4O6/c1-8-19(2)27(33(5)26(36)18-31)24(39-6)17-25(35)34-16-12-15-23(34)29(40-7)20(3)30(38)32-21(4)28(37)22-13-10-9-11-14-22/h9-11,13-14,19-21,23-24,27-29,37H,8,12,15-18,31H2,1-7H3,(H,32,38)/t19-,20+,21+,23-,24+,27-,28+,29+/m0/s1. The van der Waals surface area contributed by atoms with Crippen LogP contribution in [0.2, 0.25) is 0 Å². The molecule has 226 valence electrons. The fourth-order valence-electron chi connectivity index (χ4n) is 5.84. The Morgan fingerprint density at radius 3 is 2.35 bits per heavy atom. The predicted molar refractivity (Wildman–Crippen MR) is 154 cm³/mol. The van der Waals surface area contributed by atoms with Crippen molar-refractivity contribution in [2.24, 2.45) is 17.6 Å². The average Bonchev–Trinajstić information content (AvgIpc) is 3.45. The Kier molecular flexibility index (Phi) is 13.5. The summed E-state index contributed by atoms with van der Waals surface area (Å²) in [5.41, 5.74) is 6.35. The molecule has 0 aliphatic carbocycles. The Hall–Kier alpha value is -2.53. The number of methoxy groups -OCH3 is 2. The molecule has 8 atom stereocenters. The molecule has 3 amide bonds. The summed E-state index contributed by atoms with van der Waals surface area (Å²) in [7, 11) is 4.82. The fraction of sp³-hybridized carbons (Fsp3) is 0.700. The van der Waals surface area contributed by atoms with Crippen LogP contribution in [-0.2, 0) is 23.9 Å². The van der Waals surface area contributed by atoms with Crippen LogP contribution in [0.5, 0.6) is 0 Å². The molecule has 0 saturated carbocycles. The second-order valence-corrected chi connectivity index (χ2v) is 11.0. The zero-order valence-corrected chi connectivity index (χ0v) is 25.2. The molecule has 1 aromatic carbocycles. The van der Waals surface area contributed by atoms with Crippen LogP contribution < -0.4 is 11.1 Å². The number of aliphatic hydroxyl groups is 1. The van der Waals surface area contributed by atoms with Gasteiger partial charge in [-0.25, -0.2) is 0 Å². The molecule has 4 N–H and O–H groups in total. The van der Waals surface area contributed by atoms with Crippen LogP contribution in [0.4, 0.5) is 0 Å². The first kappa shape index (κ1) is 33.7. The Morgan fingerprint density at radius 2 is 1.80 bits per heavy atom. The highest BCUT2D eigenvalue weighted by molar-refractivity contribution is 5.81. The lowest BCUT2D eigenvalue weighted by Gasteiger charge is -2.39. The number of rotatable bonds is 15. The zero-order valence-electron chi connectivity index (χ0n) is 25.2. The van der Waals surface area contributed by atoms with E-state index in [9.17, 15) is 19.5 Å². The SMILES string of the molecule is CC[C@H](C)[C@@H]([C@@H](CC(=O)N1CCC[C@H]1[C@H](OC)[C@@H](C)C(=O)N[C@H](C)[C@@H](O)c1ccccc1)OC)N(C)C(=O)CN. The van der Waals surface area contributed by atoms with E-state index in [-0.39, 0.29) is 48.7 Å². The first-order valence-corrected chi connectivity index (χ1v) is 14.4. The fourth-order valence-corrected chi connectivity index (χ4v) is 5.84. The highest BCUT2D eigenvalue weighted by Crippen LogP contribution is 2.29. The van der Waals surface area contributed by atoms with Crippen LogP contribution in [0.25, 0.3) is 0 Å². The van der Waals surface area contributed by atoms with E-state index in [1.807, 2.05) is 44.2 Å². The molecule has 1 saturated heterocycles. The second kappa shape index (κ2) is 16.0. The molecule has 10 nitrogen and oxygen atoms in total. The maximum atomic E-state index is 13.7. The topological polar surface area (TPSA) is 134 Å². The van der Waals surface area contributed by atoms with Gasteiger partial charge in [-0.1, -0.05) is 57.5 Å². The van der Waals surface area contributed by atoms with Gasteiger partial charge >= 0.3 is 0 Å². The molecule has 2 rings (SSSR count). The third-order valence-electron chi connectivity index (χ3n) is 8.46. The second-order valence-electron chi connectivity index (χ2n) is 11.0. The van der Waals surface area contributed by atoms with Gasteiger partial charge in [0.2, 0.25) is 17.7 Å². The van der Waals surface area contributed by atoms with Gasteiger partial charge in [0.05, 0.1) is 55.3 Å². The minimum Gasteiger partial charge on any atom is -0.386 e. The van der Waals surface area contributed by atoms with Crippen molar-refractivity contribution in [2.45, 2.75) is 89.8 Å². The average molecular weight is 563 g/mol. The van der Waals surface area contributed by atoms with Crippen LogP contribution in [-0.4, -0.2) is 97.3 Å².